The predicted octanol–water partition coefficient (Wildman–Crippen LogP) is 1.49. The summed E-state index contributed by atoms with van der Waals surface area (Å²) in [5.74, 6) is 0.0148. The molecule has 1 atom stereocenters. The Bertz CT molecular complexity index is 764. The van der Waals surface area contributed by atoms with Gasteiger partial charge in [0.25, 0.3) is 0 Å². The lowest BCUT2D eigenvalue weighted by molar-refractivity contribution is -0.0654. The summed E-state index contributed by atoms with van der Waals surface area (Å²) in [5.41, 5.74) is 6.38. The Labute approximate surface area is 154 Å². The summed E-state index contributed by atoms with van der Waals surface area (Å²) >= 11 is 5.96. The van der Waals surface area contributed by atoms with E-state index in [1.54, 1.807) is 4.57 Å². The molecule has 11 heteroatoms. The van der Waals surface area contributed by atoms with Crippen molar-refractivity contribution in [3.63, 3.8) is 0 Å². The highest BCUT2D eigenvalue weighted by Crippen LogP contribution is 2.21. The van der Waals surface area contributed by atoms with E-state index in [0.717, 1.165) is 25.7 Å². The molecule has 1 unspecified atom stereocenters. The second kappa shape index (κ2) is 8.47. The van der Waals surface area contributed by atoms with Gasteiger partial charge in [0.15, 0.2) is 10.8 Å². The molecular formula is C15H20ClN5O5. The van der Waals surface area contributed by atoms with Gasteiger partial charge in [-0.15, -0.1) is 0 Å². The van der Waals surface area contributed by atoms with Gasteiger partial charge < -0.3 is 25.1 Å². The predicted molar refractivity (Wildman–Crippen MR) is 91.4 cm³/mol. The SMILES string of the molecule is Nc1nc(Cl)c2ncn(COC(CO)COC(=O)OC3CCCC3)c2n1. The van der Waals surface area contributed by atoms with Crippen LogP contribution < -0.4 is 5.73 Å². The first kappa shape index (κ1) is 18.6. The topological polar surface area (TPSA) is 135 Å². The Balaban J connectivity index is 1.51. The second-order valence-electron chi connectivity index (χ2n) is 5.94. The minimum Gasteiger partial charge on any atom is -0.431 e. The van der Waals surface area contributed by atoms with Gasteiger partial charge in [0.2, 0.25) is 5.95 Å². The summed E-state index contributed by atoms with van der Waals surface area (Å²) in [4.78, 5) is 23.6. The number of nitrogens with two attached hydrogens (primary N) is 1. The Kier molecular flexibility index (Phi) is 6.07. The van der Waals surface area contributed by atoms with Crippen LogP contribution in [0.4, 0.5) is 10.7 Å². The van der Waals surface area contributed by atoms with Gasteiger partial charge in [0, 0.05) is 0 Å². The zero-order chi connectivity index (χ0) is 18.5. The lowest BCUT2D eigenvalue weighted by Crippen LogP contribution is -2.28. The molecule has 0 aliphatic heterocycles. The van der Waals surface area contributed by atoms with E-state index in [-0.39, 0.29) is 37.1 Å². The number of nitrogens with zero attached hydrogens (tertiary/aromatic N) is 4. The number of aliphatic hydroxyl groups excluding tert-OH is 1. The molecule has 1 aliphatic carbocycles. The van der Waals surface area contributed by atoms with Crippen LogP contribution in [0.25, 0.3) is 11.2 Å². The average molecular weight is 386 g/mol. The van der Waals surface area contributed by atoms with Crippen LogP contribution in [0, 0.1) is 0 Å². The van der Waals surface area contributed by atoms with E-state index < -0.39 is 12.3 Å². The van der Waals surface area contributed by atoms with E-state index in [1.807, 2.05) is 0 Å². The molecule has 2 aromatic heterocycles. The maximum atomic E-state index is 11.7. The van der Waals surface area contributed by atoms with Crippen molar-refractivity contribution in [3.05, 3.63) is 11.5 Å². The molecule has 3 N–H and O–H groups in total. The minimum atomic E-state index is -0.751. The van der Waals surface area contributed by atoms with Crippen molar-refractivity contribution >= 4 is 34.9 Å². The zero-order valence-electron chi connectivity index (χ0n) is 14.0. The highest BCUT2D eigenvalue weighted by molar-refractivity contribution is 6.33. The van der Waals surface area contributed by atoms with E-state index in [1.165, 1.54) is 6.33 Å². The average Bonchev–Trinajstić information content (AvgIpc) is 3.25. The van der Waals surface area contributed by atoms with Crippen LogP contribution in [0.5, 0.6) is 0 Å². The van der Waals surface area contributed by atoms with Gasteiger partial charge in [-0.3, -0.25) is 4.57 Å². The molecule has 10 nitrogen and oxygen atoms in total. The third-order valence-corrected chi connectivity index (χ3v) is 4.31. The summed E-state index contributed by atoms with van der Waals surface area (Å²) in [6.07, 6.45) is 3.73. The first-order valence-corrected chi connectivity index (χ1v) is 8.64. The molecule has 0 aromatic carbocycles. The summed E-state index contributed by atoms with van der Waals surface area (Å²) < 4.78 is 17.3. The summed E-state index contributed by atoms with van der Waals surface area (Å²) in [6.45, 7) is -0.455. The van der Waals surface area contributed by atoms with Crippen molar-refractivity contribution in [1.29, 1.82) is 0 Å². The van der Waals surface area contributed by atoms with Gasteiger partial charge in [-0.25, -0.2) is 9.78 Å². The van der Waals surface area contributed by atoms with Crippen LogP contribution in [-0.2, 0) is 20.9 Å². The van der Waals surface area contributed by atoms with Crippen LogP contribution in [0.3, 0.4) is 0 Å². The summed E-state index contributed by atoms with van der Waals surface area (Å²) in [5, 5.41) is 9.55. The van der Waals surface area contributed by atoms with Crippen LogP contribution in [0.1, 0.15) is 25.7 Å². The van der Waals surface area contributed by atoms with Gasteiger partial charge in [0.1, 0.15) is 31.1 Å². The smallest absolute Gasteiger partial charge is 0.431 e. The maximum Gasteiger partial charge on any atom is 0.508 e. The Morgan fingerprint density at radius 2 is 2.19 bits per heavy atom. The lowest BCUT2D eigenvalue weighted by atomic mass is 10.3. The van der Waals surface area contributed by atoms with E-state index in [2.05, 4.69) is 15.0 Å². The highest BCUT2D eigenvalue weighted by atomic mass is 35.5. The molecule has 1 saturated carbocycles. The van der Waals surface area contributed by atoms with Crippen LogP contribution in [0.15, 0.2) is 6.33 Å². The number of hydrogen-bond donors (Lipinski definition) is 2. The summed E-state index contributed by atoms with van der Waals surface area (Å²) in [7, 11) is 0. The summed E-state index contributed by atoms with van der Waals surface area (Å²) in [6, 6.07) is 0. The number of hydrogen-bond acceptors (Lipinski definition) is 9. The fourth-order valence-electron chi connectivity index (χ4n) is 2.70. The molecule has 2 heterocycles. The number of nitrogen functional groups attached to an aromatic ring is 1. The monoisotopic (exact) mass is 385 g/mol. The third-order valence-electron chi connectivity index (χ3n) is 4.04. The Hall–Kier alpha value is -2.17. The first-order chi connectivity index (χ1) is 12.6. The zero-order valence-corrected chi connectivity index (χ0v) is 14.8. The van der Waals surface area contributed by atoms with Gasteiger partial charge in [-0.2, -0.15) is 9.97 Å². The van der Waals surface area contributed by atoms with E-state index >= 15 is 0 Å². The number of anilines is 1. The van der Waals surface area contributed by atoms with Gasteiger partial charge in [0.05, 0.1) is 12.9 Å². The van der Waals surface area contributed by atoms with Crippen molar-refractivity contribution in [2.24, 2.45) is 0 Å². The minimum absolute atomic E-state index is 0.00947. The number of carbonyl (C=O) groups excluding carboxylic acids is 1. The number of imidazole rings is 1. The fourth-order valence-corrected chi connectivity index (χ4v) is 2.92. The number of aromatic nitrogens is 4. The number of fused-ring (bicyclic) bond motifs is 1. The number of carbonyl (C=O) groups is 1. The molecule has 142 valence electrons. The molecule has 1 fully saturated rings. The van der Waals surface area contributed by atoms with Gasteiger partial charge in [-0.1, -0.05) is 11.6 Å². The van der Waals surface area contributed by atoms with E-state index in [0.29, 0.717) is 11.2 Å². The van der Waals surface area contributed by atoms with Crippen molar-refractivity contribution in [3.8, 4) is 0 Å². The molecule has 1 aliphatic rings. The van der Waals surface area contributed by atoms with Crippen molar-refractivity contribution in [2.75, 3.05) is 18.9 Å². The van der Waals surface area contributed by atoms with Crippen molar-refractivity contribution in [2.45, 2.75) is 44.6 Å². The van der Waals surface area contributed by atoms with Crippen LogP contribution in [0.2, 0.25) is 5.15 Å². The van der Waals surface area contributed by atoms with Crippen molar-refractivity contribution < 1.29 is 24.1 Å². The van der Waals surface area contributed by atoms with Gasteiger partial charge >= 0.3 is 6.16 Å². The van der Waals surface area contributed by atoms with Gasteiger partial charge in [-0.05, 0) is 25.7 Å². The third kappa shape index (κ3) is 4.51. The number of aliphatic hydroxyl groups is 1. The van der Waals surface area contributed by atoms with E-state index in [4.69, 9.17) is 31.5 Å². The standard InChI is InChI=1S/C15H20ClN5O5/c16-12-11-13(20-14(17)19-12)21(7-18-11)8-25-10(5-22)6-24-15(23)26-9-3-1-2-4-9/h7,9-10,22H,1-6,8H2,(H2,17,19,20). The maximum absolute atomic E-state index is 11.7. The molecule has 2 aromatic rings. The molecule has 0 spiro atoms. The normalized spacial score (nSPS) is 16.1. The Morgan fingerprint density at radius 3 is 2.92 bits per heavy atom. The molecule has 0 saturated heterocycles. The second-order valence-corrected chi connectivity index (χ2v) is 6.30. The molecule has 3 rings (SSSR count). The number of ether oxygens (including phenoxy) is 3. The lowest BCUT2D eigenvalue weighted by Gasteiger charge is -2.17. The van der Waals surface area contributed by atoms with E-state index in [9.17, 15) is 9.90 Å². The van der Waals surface area contributed by atoms with Crippen molar-refractivity contribution in [1.82, 2.24) is 19.5 Å². The molecule has 0 amide bonds. The quantitative estimate of drug-likeness (QED) is 0.536. The van der Waals surface area contributed by atoms with Crippen LogP contribution >= 0.6 is 11.6 Å². The molecule has 0 bridgehead atoms. The Morgan fingerprint density at radius 1 is 1.42 bits per heavy atom. The van der Waals surface area contributed by atoms with Crippen LogP contribution in [-0.4, -0.2) is 56.2 Å². The number of halogens is 1. The molecule has 26 heavy (non-hydrogen) atoms. The fraction of sp³-hybridized carbons (Fsp3) is 0.600. The largest absolute Gasteiger partial charge is 0.508 e. The number of rotatable bonds is 7. The first-order valence-electron chi connectivity index (χ1n) is 8.26. The molecule has 0 radical (unpaired) electrons. The highest BCUT2D eigenvalue weighted by Gasteiger charge is 2.21. The molecular weight excluding hydrogens is 366 g/mol.